The van der Waals surface area contributed by atoms with Crippen molar-refractivity contribution >= 4 is 0 Å². The number of aromatic nitrogens is 3. The predicted molar refractivity (Wildman–Crippen MR) is 15.4 cm³/mol. The van der Waals surface area contributed by atoms with Crippen LogP contribution in [0.1, 0.15) is 0 Å². The average Bonchev–Trinajstić information content (AvgIpc) is 1.76. The standard InChI is InChI=1S/C2H2N3.Li/c1-2-4-5-3-1;/h1-2H;/q-1;+1. The van der Waals surface area contributed by atoms with Gasteiger partial charge in [-0.25, -0.2) is 0 Å². The van der Waals surface area contributed by atoms with Gasteiger partial charge in [0, 0.05) is 0 Å². The summed E-state index contributed by atoms with van der Waals surface area (Å²) >= 11 is 0. The fourth-order valence-corrected chi connectivity index (χ4v) is 0.149. The van der Waals surface area contributed by atoms with E-state index >= 15 is 0 Å². The Balaban J connectivity index is 0.000000250. The molecule has 0 aromatic carbocycles. The van der Waals surface area contributed by atoms with E-state index in [1.54, 1.807) is 0 Å². The van der Waals surface area contributed by atoms with Gasteiger partial charge in [0.1, 0.15) is 0 Å². The van der Waals surface area contributed by atoms with E-state index in [2.05, 4.69) is 15.4 Å². The summed E-state index contributed by atoms with van der Waals surface area (Å²) in [5.74, 6) is 0. The molecule has 26 valence electrons. The normalized spacial score (nSPS) is 6.67. The Hall–Kier alpha value is -0.263. The van der Waals surface area contributed by atoms with Gasteiger partial charge in [-0.1, -0.05) is 12.4 Å². The average molecular weight is 75.0 g/mol. The molecule has 1 aromatic heterocycles. The third kappa shape index (κ3) is 1.25. The van der Waals surface area contributed by atoms with Gasteiger partial charge in [-0.15, -0.1) is 0 Å². The zero-order valence-electron chi connectivity index (χ0n) is 3.50. The molecule has 0 radical (unpaired) electrons. The summed E-state index contributed by atoms with van der Waals surface area (Å²) in [6.45, 7) is 0. The monoisotopic (exact) mass is 75.0 g/mol. The fourth-order valence-electron chi connectivity index (χ4n) is 0.149. The minimum Gasteiger partial charge on any atom is -0.359 e. The van der Waals surface area contributed by atoms with E-state index in [1.807, 2.05) is 0 Å². The number of nitrogens with zero attached hydrogens (tertiary/aromatic N) is 3. The van der Waals surface area contributed by atoms with Gasteiger partial charge in [-0.3, -0.25) is 5.21 Å². The van der Waals surface area contributed by atoms with Gasteiger partial charge in [-0.05, 0) is 0 Å². The molecule has 6 heavy (non-hydrogen) atoms. The van der Waals surface area contributed by atoms with E-state index in [-0.39, 0.29) is 18.9 Å². The van der Waals surface area contributed by atoms with Crippen LogP contribution in [0.5, 0.6) is 0 Å². The summed E-state index contributed by atoms with van der Waals surface area (Å²) in [5, 5.41) is 9.94. The smallest absolute Gasteiger partial charge is 0.359 e. The largest absolute Gasteiger partial charge is 1.00 e. The van der Waals surface area contributed by atoms with Crippen LogP contribution in [0.4, 0.5) is 0 Å². The summed E-state index contributed by atoms with van der Waals surface area (Å²) in [7, 11) is 0. The summed E-state index contributed by atoms with van der Waals surface area (Å²) in [6, 6.07) is 0. The Labute approximate surface area is 47.3 Å². The van der Waals surface area contributed by atoms with Crippen molar-refractivity contribution in [3.8, 4) is 0 Å². The van der Waals surface area contributed by atoms with E-state index in [0.717, 1.165) is 0 Å². The summed E-state index contributed by atoms with van der Waals surface area (Å²) in [6.07, 6.45) is 3.06. The topological polar surface area (TPSA) is 39.9 Å². The fraction of sp³-hybridized carbons (Fsp3) is 0. The van der Waals surface area contributed by atoms with Gasteiger partial charge in [0.15, 0.2) is 0 Å². The van der Waals surface area contributed by atoms with Crippen LogP contribution in [0, 0.1) is 0 Å². The Morgan fingerprint density at radius 2 is 2.33 bits per heavy atom. The molecule has 0 spiro atoms. The number of rotatable bonds is 0. The molecule has 3 nitrogen and oxygen atoms in total. The number of hydrogen-bond acceptors (Lipinski definition) is 2. The van der Waals surface area contributed by atoms with Crippen LogP contribution in [0.25, 0.3) is 0 Å². The van der Waals surface area contributed by atoms with Crippen molar-refractivity contribution in [3.63, 3.8) is 0 Å². The molecular weight excluding hydrogens is 73.0 g/mol. The van der Waals surface area contributed by atoms with Crippen LogP contribution < -0.4 is 24.0 Å². The molecule has 0 fully saturated rings. The SMILES string of the molecule is [Li+].c1c[n-]nn1. The summed E-state index contributed by atoms with van der Waals surface area (Å²) in [5.41, 5.74) is 0. The molecule has 0 aliphatic carbocycles. The Morgan fingerprint density at radius 3 is 2.50 bits per heavy atom. The van der Waals surface area contributed by atoms with E-state index in [1.165, 1.54) is 12.4 Å². The summed E-state index contributed by atoms with van der Waals surface area (Å²) < 4.78 is 0. The molecule has 4 heteroatoms. The third-order valence-corrected chi connectivity index (χ3v) is 0.303. The van der Waals surface area contributed by atoms with Crippen LogP contribution in [-0.2, 0) is 0 Å². The summed E-state index contributed by atoms with van der Waals surface area (Å²) in [4.78, 5) is 0. The van der Waals surface area contributed by atoms with Crippen molar-refractivity contribution < 1.29 is 18.9 Å². The molecule has 0 saturated carbocycles. The van der Waals surface area contributed by atoms with E-state index in [0.29, 0.717) is 0 Å². The van der Waals surface area contributed by atoms with Crippen LogP contribution in [-0.4, -0.2) is 10.3 Å². The molecule has 0 bridgehead atoms. The first-order valence-corrected chi connectivity index (χ1v) is 1.25. The van der Waals surface area contributed by atoms with Gasteiger partial charge in [0.25, 0.3) is 0 Å². The van der Waals surface area contributed by atoms with Crippen LogP contribution in [0.2, 0.25) is 0 Å². The zero-order valence-corrected chi connectivity index (χ0v) is 3.50. The van der Waals surface area contributed by atoms with Crippen LogP contribution >= 0.6 is 0 Å². The second-order valence-electron chi connectivity index (χ2n) is 0.619. The molecule has 0 saturated heterocycles. The maximum Gasteiger partial charge on any atom is 1.00 e. The van der Waals surface area contributed by atoms with Crippen molar-refractivity contribution in [2.75, 3.05) is 0 Å². The van der Waals surface area contributed by atoms with Crippen molar-refractivity contribution in [2.24, 2.45) is 0 Å². The minimum atomic E-state index is 0. The second kappa shape index (κ2) is 2.95. The molecule has 0 amide bonds. The minimum absolute atomic E-state index is 0. The second-order valence-corrected chi connectivity index (χ2v) is 0.619. The van der Waals surface area contributed by atoms with Gasteiger partial charge in [-0.2, -0.15) is 0 Å². The van der Waals surface area contributed by atoms with Crippen molar-refractivity contribution in [1.29, 1.82) is 0 Å². The van der Waals surface area contributed by atoms with Gasteiger partial charge < -0.3 is 10.2 Å². The maximum absolute atomic E-state index is 3.36. The number of hydrogen-bond donors (Lipinski definition) is 0. The van der Waals surface area contributed by atoms with Crippen molar-refractivity contribution in [3.05, 3.63) is 12.4 Å². The first-order valence-electron chi connectivity index (χ1n) is 1.25. The molecule has 1 aromatic rings. The van der Waals surface area contributed by atoms with E-state index in [4.69, 9.17) is 0 Å². The first kappa shape index (κ1) is 5.74. The molecular formula is C2H2LiN3. The van der Waals surface area contributed by atoms with Crippen molar-refractivity contribution in [1.82, 2.24) is 15.4 Å². The Morgan fingerprint density at radius 1 is 1.50 bits per heavy atom. The van der Waals surface area contributed by atoms with Gasteiger partial charge in [0.2, 0.25) is 0 Å². The molecule has 0 N–H and O–H groups in total. The van der Waals surface area contributed by atoms with Gasteiger partial charge in [0.05, 0.1) is 0 Å². The molecule has 0 aliphatic rings. The molecule has 0 atom stereocenters. The quantitative estimate of drug-likeness (QED) is 0.299. The Bertz CT molecular complexity index is 65.3. The maximum atomic E-state index is 3.36. The first-order chi connectivity index (χ1) is 2.50. The van der Waals surface area contributed by atoms with Crippen LogP contribution in [0.15, 0.2) is 12.4 Å². The predicted octanol–water partition coefficient (Wildman–Crippen LogP) is -3.56. The third-order valence-electron chi connectivity index (χ3n) is 0.303. The zero-order chi connectivity index (χ0) is 3.54. The van der Waals surface area contributed by atoms with E-state index in [9.17, 15) is 0 Å². The molecule has 0 unspecified atom stereocenters. The van der Waals surface area contributed by atoms with E-state index < -0.39 is 0 Å². The van der Waals surface area contributed by atoms with Crippen LogP contribution in [0.3, 0.4) is 0 Å². The van der Waals surface area contributed by atoms with Gasteiger partial charge >= 0.3 is 18.9 Å². The molecule has 1 heterocycles. The van der Waals surface area contributed by atoms with Crippen molar-refractivity contribution in [2.45, 2.75) is 0 Å². The molecule has 0 aliphatic heterocycles. The Kier molecular flexibility index (Phi) is 2.82. The molecule has 1 rings (SSSR count).